The van der Waals surface area contributed by atoms with E-state index in [-0.39, 0.29) is 5.69 Å². The van der Waals surface area contributed by atoms with Crippen molar-refractivity contribution in [3.8, 4) is 28.4 Å². The van der Waals surface area contributed by atoms with Gasteiger partial charge in [-0.25, -0.2) is 9.36 Å². The molecule has 0 aliphatic heterocycles. The lowest BCUT2D eigenvalue weighted by atomic mass is 10.1. The fourth-order valence-corrected chi connectivity index (χ4v) is 3.63. The average Bonchev–Trinajstić information content (AvgIpc) is 3.61. The maximum Gasteiger partial charge on any atom is 0.290 e. The molecule has 0 aliphatic carbocycles. The zero-order valence-electron chi connectivity index (χ0n) is 19.3. The second kappa shape index (κ2) is 9.98. The van der Waals surface area contributed by atoms with Gasteiger partial charge >= 0.3 is 0 Å². The van der Waals surface area contributed by atoms with Crippen LogP contribution in [0, 0.1) is 0 Å². The van der Waals surface area contributed by atoms with Crippen molar-refractivity contribution in [1.29, 1.82) is 0 Å². The molecule has 9 heteroatoms. The predicted molar refractivity (Wildman–Crippen MR) is 134 cm³/mol. The standard InChI is InChI=1S/C27H22N6O3/c1-36-22-14-12-21(13-15-22)32-17-16-24(30-32)27(35)29-28-26(34)23-18-33(20-10-6-3-7-11-20)31-25(23)19-8-4-2-5-9-19/h2-18H,1H3,(H,28,34)(H,29,35). The van der Waals surface area contributed by atoms with Gasteiger partial charge in [0, 0.05) is 18.0 Å². The zero-order chi connectivity index (χ0) is 24.9. The number of hydrogen-bond donors (Lipinski definition) is 2. The molecule has 0 saturated heterocycles. The smallest absolute Gasteiger partial charge is 0.290 e. The minimum absolute atomic E-state index is 0.148. The molecular weight excluding hydrogens is 456 g/mol. The third-order valence-electron chi connectivity index (χ3n) is 5.48. The molecule has 0 fully saturated rings. The highest BCUT2D eigenvalue weighted by Crippen LogP contribution is 2.23. The number of carbonyl (C=O) groups excluding carboxylic acids is 2. The molecule has 3 aromatic carbocycles. The van der Waals surface area contributed by atoms with E-state index in [2.05, 4.69) is 21.0 Å². The van der Waals surface area contributed by atoms with E-state index in [4.69, 9.17) is 4.74 Å². The molecule has 0 bridgehead atoms. The molecule has 5 rings (SSSR count). The number of nitrogens with one attached hydrogen (secondary N) is 2. The Morgan fingerprint density at radius 2 is 1.36 bits per heavy atom. The van der Waals surface area contributed by atoms with Crippen LogP contribution in [0.3, 0.4) is 0 Å². The van der Waals surface area contributed by atoms with Gasteiger partial charge in [-0.1, -0.05) is 48.5 Å². The number of carbonyl (C=O) groups is 2. The Balaban J connectivity index is 1.33. The predicted octanol–water partition coefficient (Wildman–Crippen LogP) is 3.81. The molecule has 2 heterocycles. The van der Waals surface area contributed by atoms with E-state index in [9.17, 15) is 9.59 Å². The summed E-state index contributed by atoms with van der Waals surface area (Å²) in [6.45, 7) is 0. The Labute approximate surface area is 206 Å². The minimum Gasteiger partial charge on any atom is -0.497 e. The van der Waals surface area contributed by atoms with Crippen LogP contribution >= 0.6 is 0 Å². The first-order valence-corrected chi connectivity index (χ1v) is 11.1. The Morgan fingerprint density at radius 3 is 2.06 bits per heavy atom. The highest BCUT2D eigenvalue weighted by atomic mass is 16.5. The van der Waals surface area contributed by atoms with Crippen LogP contribution in [-0.2, 0) is 0 Å². The second-order valence-electron chi connectivity index (χ2n) is 7.79. The highest BCUT2D eigenvalue weighted by Gasteiger charge is 2.20. The summed E-state index contributed by atoms with van der Waals surface area (Å²) < 4.78 is 8.36. The summed E-state index contributed by atoms with van der Waals surface area (Å²) in [5, 5.41) is 8.92. The molecule has 36 heavy (non-hydrogen) atoms. The molecule has 2 amide bonds. The summed E-state index contributed by atoms with van der Waals surface area (Å²) >= 11 is 0. The van der Waals surface area contributed by atoms with Gasteiger partial charge in [-0.15, -0.1) is 0 Å². The Kier molecular flexibility index (Phi) is 6.27. The fraction of sp³-hybridized carbons (Fsp3) is 0.0370. The molecule has 178 valence electrons. The molecule has 0 spiro atoms. The van der Waals surface area contributed by atoms with Gasteiger partial charge in [0.15, 0.2) is 5.69 Å². The van der Waals surface area contributed by atoms with Gasteiger partial charge < -0.3 is 4.74 Å². The average molecular weight is 479 g/mol. The fourth-order valence-electron chi connectivity index (χ4n) is 3.63. The van der Waals surface area contributed by atoms with Gasteiger partial charge in [0.1, 0.15) is 11.4 Å². The number of ether oxygens (including phenoxy) is 1. The van der Waals surface area contributed by atoms with E-state index >= 15 is 0 Å². The van der Waals surface area contributed by atoms with Gasteiger partial charge in [-0.2, -0.15) is 10.2 Å². The molecule has 2 N–H and O–H groups in total. The van der Waals surface area contributed by atoms with Gasteiger partial charge in [0.2, 0.25) is 0 Å². The van der Waals surface area contributed by atoms with E-state index in [1.807, 2.05) is 72.8 Å². The monoisotopic (exact) mass is 478 g/mol. The molecular formula is C27H22N6O3. The summed E-state index contributed by atoms with van der Waals surface area (Å²) in [6, 6.07) is 27.7. The largest absolute Gasteiger partial charge is 0.497 e. The molecule has 0 atom stereocenters. The van der Waals surface area contributed by atoms with Gasteiger partial charge in [0.05, 0.1) is 24.0 Å². The normalized spacial score (nSPS) is 10.6. The van der Waals surface area contributed by atoms with Crippen LogP contribution in [0.25, 0.3) is 22.6 Å². The number of hydrazine groups is 1. The van der Waals surface area contributed by atoms with E-state index in [1.165, 1.54) is 0 Å². The van der Waals surface area contributed by atoms with E-state index in [0.717, 1.165) is 22.7 Å². The molecule has 0 aliphatic rings. The first-order valence-electron chi connectivity index (χ1n) is 11.1. The van der Waals surface area contributed by atoms with Crippen LogP contribution in [-0.4, -0.2) is 38.5 Å². The summed E-state index contributed by atoms with van der Waals surface area (Å²) in [5.41, 5.74) is 8.22. The number of amides is 2. The van der Waals surface area contributed by atoms with Crippen LogP contribution in [0.15, 0.2) is 103 Å². The van der Waals surface area contributed by atoms with Crippen molar-refractivity contribution >= 4 is 11.8 Å². The van der Waals surface area contributed by atoms with Crippen molar-refractivity contribution in [3.63, 3.8) is 0 Å². The Morgan fingerprint density at radius 1 is 0.722 bits per heavy atom. The summed E-state index contributed by atoms with van der Waals surface area (Å²) in [7, 11) is 1.59. The van der Waals surface area contributed by atoms with Crippen molar-refractivity contribution in [3.05, 3.63) is 115 Å². The van der Waals surface area contributed by atoms with Crippen LogP contribution < -0.4 is 15.6 Å². The molecule has 9 nitrogen and oxygen atoms in total. The number of methoxy groups -OCH3 is 1. The lowest BCUT2D eigenvalue weighted by molar-refractivity contribution is 0.0844. The number of rotatable bonds is 6. The van der Waals surface area contributed by atoms with Gasteiger partial charge in [0.25, 0.3) is 11.8 Å². The van der Waals surface area contributed by atoms with E-state index in [0.29, 0.717) is 11.3 Å². The maximum atomic E-state index is 13.1. The van der Waals surface area contributed by atoms with Crippen LogP contribution in [0.2, 0.25) is 0 Å². The summed E-state index contributed by atoms with van der Waals surface area (Å²) in [4.78, 5) is 25.8. The summed E-state index contributed by atoms with van der Waals surface area (Å²) in [5.74, 6) is -0.330. The number of nitrogens with zero attached hydrogens (tertiary/aromatic N) is 4. The first kappa shape index (κ1) is 22.6. The van der Waals surface area contributed by atoms with E-state index in [1.54, 1.807) is 47.1 Å². The third-order valence-corrected chi connectivity index (χ3v) is 5.48. The maximum absolute atomic E-state index is 13.1. The number of para-hydroxylation sites is 1. The van der Waals surface area contributed by atoms with Gasteiger partial charge in [-0.3, -0.25) is 20.4 Å². The Hall–Kier alpha value is -5.18. The van der Waals surface area contributed by atoms with Gasteiger partial charge in [-0.05, 0) is 42.5 Å². The lowest BCUT2D eigenvalue weighted by Gasteiger charge is -2.06. The molecule has 5 aromatic rings. The summed E-state index contributed by atoms with van der Waals surface area (Å²) in [6.07, 6.45) is 3.30. The van der Waals surface area contributed by atoms with Crippen molar-refractivity contribution in [2.75, 3.05) is 7.11 Å². The molecule has 0 radical (unpaired) electrons. The number of benzene rings is 3. The molecule has 2 aromatic heterocycles. The lowest BCUT2D eigenvalue weighted by Crippen LogP contribution is -2.41. The van der Waals surface area contributed by atoms with Crippen LogP contribution in [0.4, 0.5) is 0 Å². The van der Waals surface area contributed by atoms with E-state index < -0.39 is 11.8 Å². The van der Waals surface area contributed by atoms with Crippen molar-refractivity contribution in [2.24, 2.45) is 0 Å². The van der Waals surface area contributed by atoms with Crippen LogP contribution in [0.5, 0.6) is 5.75 Å². The minimum atomic E-state index is -0.549. The number of hydrogen-bond acceptors (Lipinski definition) is 5. The highest BCUT2D eigenvalue weighted by molar-refractivity contribution is 6.02. The zero-order valence-corrected chi connectivity index (χ0v) is 19.3. The Bertz CT molecular complexity index is 1490. The SMILES string of the molecule is COc1ccc(-n2ccc(C(=O)NNC(=O)c3cn(-c4ccccc4)nc3-c3ccccc3)n2)cc1. The van der Waals surface area contributed by atoms with Crippen molar-refractivity contribution in [2.45, 2.75) is 0 Å². The first-order chi connectivity index (χ1) is 17.6. The molecule has 0 saturated carbocycles. The topological polar surface area (TPSA) is 103 Å². The number of aromatic nitrogens is 4. The quantitative estimate of drug-likeness (QED) is 0.361. The second-order valence-corrected chi connectivity index (χ2v) is 7.79. The van der Waals surface area contributed by atoms with Crippen molar-refractivity contribution in [1.82, 2.24) is 30.4 Å². The molecule has 0 unspecified atom stereocenters. The van der Waals surface area contributed by atoms with Crippen LogP contribution in [0.1, 0.15) is 20.8 Å². The van der Waals surface area contributed by atoms with Crippen molar-refractivity contribution < 1.29 is 14.3 Å². The third kappa shape index (κ3) is 4.71.